The number of rotatable bonds is 4. The van der Waals surface area contributed by atoms with Crippen LogP contribution in [0.5, 0.6) is 5.88 Å². The van der Waals surface area contributed by atoms with Gasteiger partial charge in [0, 0.05) is 0 Å². The molecule has 1 aliphatic heterocycles. The predicted molar refractivity (Wildman–Crippen MR) is 91.8 cm³/mol. The number of nitrogens with zero attached hydrogens (tertiary/aromatic N) is 3. The van der Waals surface area contributed by atoms with E-state index >= 15 is 0 Å². The number of hydrogen-bond donors (Lipinski definition) is 1. The summed E-state index contributed by atoms with van der Waals surface area (Å²) in [7, 11) is 0. The Hall–Kier alpha value is -2.17. The summed E-state index contributed by atoms with van der Waals surface area (Å²) in [4.78, 5) is 13.5. The molecule has 0 bridgehead atoms. The molecule has 1 radical (unpaired) electrons. The Morgan fingerprint density at radius 2 is 2.26 bits per heavy atom. The van der Waals surface area contributed by atoms with Crippen LogP contribution in [0.15, 0.2) is 46.1 Å². The summed E-state index contributed by atoms with van der Waals surface area (Å²) in [5, 5.41) is 10.9. The van der Waals surface area contributed by atoms with E-state index in [1.54, 1.807) is 18.7 Å². The van der Waals surface area contributed by atoms with E-state index in [0.717, 1.165) is 30.8 Å². The van der Waals surface area contributed by atoms with Gasteiger partial charge in [-0.15, -0.1) is 0 Å². The fourth-order valence-electron chi connectivity index (χ4n) is 2.20. The van der Waals surface area contributed by atoms with Crippen molar-refractivity contribution in [3.63, 3.8) is 0 Å². The molecule has 3 aromatic heterocycles. The Balaban J connectivity index is 1.56. The first-order valence-corrected chi connectivity index (χ1v) is 9.98. The van der Waals surface area contributed by atoms with Crippen molar-refractivity contribution in [1.29, 1.82) is 0 Å². The van der Waals surface area contributed by atoms with E-state index in [9.17, 15) is 5.11 Å². The first-order chi connectivity index (χ1) is 11.3. The van der Waals surface area contributed by atoms with Crippen molar-refractivity contribution >= 4 is 54.6 Å². The van der Waals surface area contributed by atoms with E-state index < -0.39 is 0 Å². The summed E-state index contributed by atoms with van der Waals surface area (Å²) in [6.45, 7) is 0. The average molecular weight is 384 g/mol. The molecule has 113 valence electrons. The van der Waals surface area contributed by atoms with E-state index in [1.165, 1.54) is 11.3 Å². The monoisotopic (exact) mass is 384 g/mol. The first-order valence-electron chi connectivity index (χ1n) is 6.90. The van der Waals surface area contributed by atoms with Crippen molar-refractivity contribution in [3.8, 4) is 5.88 Å². The van der Waals surface area contributed by atoms with Gasteiger partial charge in [0.2, 0.25) is 0 Å². The van der Waals surface area contributed by atoms with Gasteiger partial charge in [0.25, 0.3) is 0 Å². The molecule has 0 unspecified atom stereocenters. The van der Waals surface area contributed by atoms with Crippen LogP contribution in [0.25, 0.3) is 11.6 Å². The van der Waals surface area contributed by atoms with Crippen molar-refractivity contribution in [2.75, 3.05) is 0 Å². The van der Waals surface area contributed by atoms with Crippen LogP contribution in [-0.4, -0.2) is 37.0 Å². The SMILES string of the molecule is Oc1nc([As]Cc2ccco2)sc1C=C1C=Nc2ncccc21. The molecule has 1 N–H and O–H groups in total. The number of aromatic hydroxyl groups is 1. The molecule has 0 spiro atoms. The van der Waals surface area contributed by atoms with E-state index in [2.05, 4.69) is 15.0 Å². The van der Waals surface area contributed by atoms with Crippen LogP contribution < -0.4 is 3.80 Å². The molecule has 0 aliphatic carbocycles. The Morgan fingerprint density at radius 3 is 3.13 bits per heavy atom. The maximum atomic E-state index is 10.1. The summed E-state index contributed by atoms with van der Waals surface area (Å²) >= 11 is 1.36. The molecule has 0 fully saturated rings. The number of aliphatic imine (C=N–C) groups is 1. The third-order valence-electron chi connectivity index (χ3n) is 3.28. The quantitative estimate of drug-likeness (QED) is 0.702. The van der Waals surface area contributed by atoms with Gasteiger partial charge in [-0.1, -0.05) is 0 Å². The van der Waals surface area contributed by atoms with Crippen molar-refractivity contribution in [3.05, 3.63) is 52.9 Å². The molecule has 4 rings (SSSR count). The molecular formula is C16H11AsN3O2S. The van der Waals surface area contributed by atoms with Crippen LogP contribution in [0.3, 0.4) is 0 Å². The van der Waals surface area contributed by atoms with Gasteiger partial charge in [-0.05, 0) is 0 Å². The number of furan rings is 1. The molecule has 23 heavy (non-hydrogen) atoms. The zero-order valence-electron chi connectivity index (χ0n) is 11.9. The third-order valence-corrected chi connectivity index (χ3v) is 7.09. The molecule has 0 aromatic carbocycles. The average Bonchev–Trinajstić information content (AvgIpc) is 3.28. The minimum absolute atomic E-state index is 0.0815. The van der Waals surface area contributed by atoms with Gasteiger partial charge in [-0.2, -0.15) is 0 Å². The van der Waals surface area contributed by atoms with Gasteiger partial charge in [0.05, 0.1) is 0 Å². The van der Waals surface area contributed by atoms with Gasteiger partial charge in [-0.3, -0.25) is 0 Å². The van der Waals surface area contributed by atoms with Crippen LogP contribution in [0.2, 0.25) is 0 Å². The van der Waals surface area contributed by atoms with Crippen molar-refractivity contribution in [2.24, 2.45) is 4.99 Å². The van der Waals surface area contributed by atoms with Crippen LogP contribution >= 0.6 is 11.3 Å². The van der Waals surface area contributed by atoms with E-state index in [1.807, 2.05) is 30.3 Å². The minimum atomic E-state index is -0.160. The Labute approximate surface area is 143 Å². The predicted octanol–water partition coefficient (Wildman–Crippen LogP) is 2.62. The number of aromatic nitrogens is 2. The molecule has 1 aliphatic rings. The number of fused-ring (bicyclic) bond motifs is 1. The number of pyridine rings is 1. The van der Waals surface area contributed by atoms with Crippen molar-refractivity contribution in [1.82, 2.24) is 9.97 Å². The van der Waals surface area contributed by atoms with Crippen LogP contribution in [0.4, 0.5) is 5.82 Å². The normalized spacial score (nSPS) is 15.0. The second-order valence-electron chi connectivity index (χ2n) is 4.81. The molecule has 5 nitrogen and oxygen atoms in total. The Kier molecular flexibility index (Phi) is 3.85. The second-order valence-corrected chi connectivity index (χ2v) is 8.72. The molecule has 0 amide bonds. The molecule has 0 atom stereocenters. The molecule has 0 saturated carbocycles. The number of allylic oxidation sites excluding steroid dienone is 1. The van der Waals surface area contributed by atoms with Crippen LogP contribution in [0, 0.1) is 0 Å². The van der Waals surface area contributed by atoms with E-state index in [4.69, 9.17) is 4.42 Å². The molecule has 7 heteroatoms. The summed E-state index contributed by atoms with van der Waals surface area (Å²) in [5.74, 6) is 1.76. The van der Waals surface area contributed by atoms with E-state index in [-0.39, 0.29) is 21.6 Å². The van der Waals surface area contributed by atoms with Crippen LogP contribution in [0.1, 0.15) is 16.2 Å². The fourth-order valence-corrected chi connectivity index (χ4v) is 5.62. The topological polar surface area (TPSA) is 71.5 Å². The van der Waals surface area contributed by atoms with E-state index in [0.29, 0.717) is 5.82 Å². The van der Waals surface area contributed by atoms with Crippen LogP contribution in [-0.2, 0) is 5.21 Å². The third kappa shape index (κ3) is 3.00. The Morgan fingerprint density at radius 1 is 1.30 bits per heavy atom. The zero-order chi connectivity index (χ0) is 15.6. The maximum absolute atomic E-state index is 10.1. The summed E-state index contributed by atoms with van der Waals surface area (Å²) in [6.07, 6.45) is 7.09. The van der Waals surface area contributed by atoms with Gasteiger partial charge >= 0.3 is 143 Å². The molecule has 0 saturated heterocycles. The van der Waals surface area contributed by atoms with Gasteiger partial charge in [0.1, 0.15) is 0 Å². The van der Waals surface area contributed by atoms with Gasteiger partial charge in [0.15, 0.2) is 0 Å². The van der Waals surface area contributed by atoms with Gasteiger partial charge < -0.3 is 0 Å². The zero-order valence-corrected chi connectivity index (χ0v) is 14.6. The number of hydrogen-bond acceptors (Lipinski definition) is 6. The van der Waals surface area contributed by atoms with Gasteiger partial charge in [-0.25, -0.2) is 0 Å². The second kappa shape index (κ2) is 6.14. The summed E-state index contributed by atoms with van der Waals surface area (Å²) in [6, 6.07) is 7.71. The standard InChI is InChI=1S/C16H11AsN3O2S/c21-15-13(7-10-9-19-14-12(10)4-1-5-18-14)23-16(20-15)17-8-11-3-2-6-22-11/h1-7,9,21H,8H2. The Bertz CT molecular complexity index is 900. The van der Waals surface area contributed by atoms with Crippen molar-refractivity contribution in [2.45, 2.75) is 5.21 Å². The molecule has 4 heterocycles. The summed E-state index contributed by atoms with van der Waals surface area (Å²) in [5.41, 5.74) is 1.92. The van der Waals surface area contributed by atoms with Crippen molar-refractivity contribution < 1.29 is 9.52 Å². The summed E-state index contributed by atoms with van der Waals surface area (Å²) < 4.78 is 6.32. The number of thiazole rings is 1. The first kappa shape index (κ1) is 14.4. The molecule has 3 aromatic rings. The molecular weight excluding hydrogens is 373 g/mol. The fraction of sp³-hybridized carbons (Fsp3) is 0.0625.